The van der Waals surface area contributed by atoms with Gasteiger partial charge in [0.1, 0.15) is 6.04 Å². The predicted octanol–water partition coefficient (Wildman–Crippen LogP) is 3.50. The second-order valence-corrected chi connectivity index (χ2v) is 7.62. The second-order valence-electron chi connectivity index (χ2n) is 6.56. The van der Waals surface area contributed by atoms with Crippen molar-refractivity contribution in [2.45, 2.75) is 31.5 Å². The zero-order chi connectivity index (χ0) is 20.2. The van der Waals surface area contributed by atoms with E-state index >= 15 is 0 Å². The molecule has 1 unspecified atom stereocenters. The van der Waals surface area contributed by atoms with Gasteiger partial charge >= 0.3 is 0 Å². The topological polar surface area (TPSA) is 97.6 Å². The Morgan fingerprint density at radius 1 is 1.24 bits per heavy atom. The van der Waals surface area contributed by atoms with E-state index in [1.807, 2.05) is 19.1 Å². The van der Waals surface area contributed by atoms with E-state index in [0.717, 1.165) is 23.4 Å². The lowest BCUT2D eigenvalue weighted by atomic mass is 9.96. The van der Waals surface area contributed by atoms with E-state index in [1.54, 1.807) is 53.4 Å². The fourth-order valence-corrected chi connectivity index (χ4v) is 3.84. The molecule has 0 aliphatic carbocycles. The molecule has 3 aromatic rings. The first-order valence-electron chi connectivity index (χ1n) is 9.35. The summed E-state index contributed by atoms with van der Waals surface area (Å²) in [6.45, 7) is 3.99. The Labute approximate surface area is 172 Å². The number of hydrogen-bond donors (Lipinski definition) is 2. The summed E-state index contributed by atoms with van der Waals surface area (Å²) in [4.78, 5) is 26.1. The van der Waals surface area contributed by atoms with Gasteiger partial charge in [0.25, 0.3) is 5.91 Å². The van der Waals surface area contributed by atoms with Crippen LogP contribution >= 0.6 is 11.8 Å². The Morgan fingerprint density at radius 2 is 2.03 bits per heavy atom. The molecule has 29 heavy (non-hydrogen) atoms. The highest BCUT2D eigenvalue weighted by Crippen LogP contribution is 2.36. The minimum Gasteiger partial charge on any atom is -0.328 e. The van der Waals surface area contributed by atoms with Gasteiger partial charge < -0.3 is 10.6 Å². The van der Waals surface area contributed by atoms with Gasteiger partial charge in [0, 0.05) is 30.0 Å². The van der Waals surface area contributed by atoms with Crippen molar-refractivity contribution < 1.29 is 4.79 Å². The highest BCUT2D eigenvalue weighted by molar-refractivity contribution is 7.99. The number of pyridine rings is 2. The smallest absolute Gasteiger partial charge is 0.255 e. The Hall–Kier alpha value is -3.20. The van der Waals surface area contributed by atoms with E-state index in [-0.39, 0.29) is 5.91 Å². The minimum absolute atomic E-state index is 0.222. The molecule has 3 aromatic heterocycles. The van der Waals surface area contributed by atoms with Crippen LogP contribution in [0.3, 0.4) is 0 Å². The quantitative estimate of drug-likeness (QED) is 0.604. The van der Waals surface area contributed by atoms with Crippen molar-refractivity contribution in [2.75, 3.05) is 16.4 Å². The lowest BCUT2D eigenvalue weighted by molar-refractivity contribution is -0.113. The monoisotopic (exact) mass is 407 g/mol. The molecule has 0 fully saturated rings. The summed E-state index contributed by atoms with van der Waals surface area (Å²) in [6.07, 6.45) is 7.78. The zero-order valence-corrected chi connectivity index (χ0v) is 17.0. The zero-order valence-electron chi connectivity index (χ0n) is 16.2. The van der Waals surface area contributed by atoms with Crippen LogP contribution in [-0.2, 0) is 4.79 Å². The second kappa shape index (κ2) is 8.44. The molecule has 1 amide bonds. The summed E-state index contributed by atoms with van der Waals surface area (Å²) >= 11 is 1.60. The van der Waals surface area contributed by atoms with Crippen LogP contribution in [0.1, 0.15) is 31.9 Å². The van der Waals surface area contributed by atoms with E-state index in [4.69, 9.17) is 0 Å². The molecule has 0 bridgehead atoms. The van der Waals surface area contributed by atoms with Crippen LogP contribution in [0.4, 0.5) is 11.6 Å². The molecule has 0 spiro atoms. The molecule has 1 aliphatic rings. The minimum atomic E-state index is -0.430. The van der Waals surface area contributed by atoms with Crippen molar-refractivity contribution in [3.8, 4) is 0 Å². The van der Waals surface area contributed by atoms with Gasteiger partial charge in [0.15, 0.2) is 0 Å². The molecular formula is C20H21N7OS. The van der Waals surface area contributed by atoms with Gasteiger partial charge in [0.2, 0.25) is 11.1 Å². The van der Waals surface area contributed by atoms with Crippen molar-refractivity contribution in [1.82, 2.24) is 24.7 Å². The summed E-state index contributed by atoms with van der Waals surface area (Å²) in [6, 6.07) is 6.95. The maximum atomic E-state index is 13.2. The number of allylic oxidation sites excluding steroid dienone is 1. The standard InChI is InChI=1S/C20H21N7OS/c1-3-10-29-20-25-19-23-13(2)16(18(28)24-15-7-5-9-22-12-15)17(27(19)26-20)14-6-4-8-21-11-14/h4-9,11-12,17H,3,10H2,1-2H3,(H,24,28)(H,23,25,26). The van der Waals surface area contributed by atoms with Crippen LogP contribution in [0.5, 0.6) is 0 Å². The summed E-state index contributed by atoms with van der Waals surface area (Å²) in [5.74, 6) is 1.33. The molecule has 4 heterocycles. The summed E-state index contributed by atoms with van der Waals surface area (Å²) in [7, 11) is 0. The molecule has 1 atom stereocenters. The molecule has 0 aromatic carbocycles. The number of anilines is 2. The van der Waals surface area contributed by atoms with E-state index in [0.29, 0.717) is 22.4 Å². The summed E-state index contributed by atoms with van der Waals surface area (Å²) in [5, 5.41) is 11.5. The van der Waals surface area contributed by atoms with Crippen LogP contribution in [-0.4, -0.2) is 36.4 Å². The first kappa shape index (κ1) is 19.1. The number of amides is 1. The third kappa shape index (κ3) is 4.00. The van der Waals surface area contributed by atoms with Crippen molar-refractivity contribution in [3.05, 3.63) is 65.9 Å². The number of rotatable bonds is 6. The van der Waals surface area contributed by atoms with Gasteiger partial charge in [-0.3, -0.25) is 14.8 Å². The SMILES string of the molecule is CCCSc1nc2n(n1)C(c1cccnc1)C(C(=O)Nc1cccnc1)=C(C)N2. The Bertz CT molecular complexity index is 1030. The molecule has 9 heteroatoms. The van der Waals surface area contributed by atoms with Gasteiger partial charge in [-0.2, -0.15) is 4.98 Å². The van der Waals surface area contributed by atoms with Crippen molar-refractivity contribution >= 4 is 29.3 Å². The number of nitrogens with zero attached hydrogens (tertiary/aromatic N) is 5. The lowest BCUT2D eigenvalue weighted by Crippen LogP contribution is -2.31. The van der Waals surface area contributed by atoms with Crippen molar-refractivity contribution in [1.29, 1.82) is 0 Å². The van der Waals surface area contributed by atoms with Gasteiger partial charge in [0.05, 0.1) is 17.5 Å². The average molecular weight is 408 g/mol. The van der Waals surface area contributed by atoms with Crippen LogP contribution in [0.15, 0.2) is 65.5 Å². The highest BCUT2D eigenvalue weighted by atomic mass is 32.2. The fraction of sp³-hybridized carbons (Fsp3) is 0.250. The number of aromatic nitrogens is 5. The lowest BCUT2D eigenvalue weighted by Gasteiger charge is -2.28. The maximum Gasteiger partial charge on any atom is 0.255 e. The molecule has 4 rings (SSSR count). The summed E-state index contributed by atoms with van der Waals surface area (Å²) < 4.78 is 1.76. The number of thioether (sulfide) groups is 1. The maximum absolute atomic E-state index is 13.2. The first-order chi connectivity index (χ1) is 14.2. The Morgan fingerprint density at radius 3 is 2.72 bits per heavy atom. The number of hydrogen-bond acceptors (Lipinski definition) is 7. The van der Waals surface area contributed by atoms with Crippen LogP contribution in [0, 0.1) is 0 Å². The van der Waals surface area contributed by atoms with Gasteiger partial charge in [-0.25, -0.2) is 4.68 Å². The normalized spacial score (nSPS) is 15.6. The van der Waals surface area contributed by atoms with Crippen LogP contribution in [0.2, 0.25) is 0 Å². The van der Waals surface area contributed by atoms with E-state index in [1.165, 1.54) is 0 Å². The third-order valence-corrected chi connectivity index (χ3v) is 5.48. The number of fused-ring (bicyclic) bond motifs is 1. The van der Waals surface area contributed by atoms with Crippen molar-refractivity contribution in [2.24, 2.45) is 0 Å². The fourth-order valence-electron chi connectivity index (χ4n) is 3.16. The number of nitrogens with one attached hydrogen (secondary N) is 2. The molecule has 1 aliphatic heterocycles. The molecule has 8 nitrogen and oxygen atoms in total. The van der Waals surface area contributed by atoms with Crippen LogP contribution in [0.25, 0.3) is 0 Å². The molecule has 0 saturated carbocycles. The van der Waals surface area contributed by atoms with Gasteiger partial charge in [-0.05, 0) is 37.1 Å². The van der Waals surface area contributed by atoms with Crippen LogP contribution < -0.4 is 10.6 Å². The largest absolute Gasteiger partial charge is 0.328 e. The third-order valence-electron chi connectivity index (χ3n) is 4.43. The molecule has 2 N–H and O–H groups in total. The molecular weight excluding hydrogens is 386 g/mol. The average Bonchev–Trinajstić information content (AvgIpc) is 3.14. The molecule has 0 radical (unpaired) electrons. The number of carbonyl (C=O) groups excluding carboxylic acids is 1. The molecule has 0 saturated heterocycles. The number of carbonyl (C=O) groups is 1. The first-order valence-corrected chi connectivity index (χ1v) is 10.3. The van der Waals surface area contributed by atoms with E-state index in [9.17, 15) is 4.79 Å². The van der Waals surface area contributed by atoms with E-state index in [2.05, 4.69) is 37.6 Å². The summed E-state index contributed by atoms with van der Waals surface area (Å²) in [5.41, 5.74) is 2.78. The molecule has 148 valence electrons. The highest BCUT2D eigenvalue weighted by Gasteiger charge is 2.34. The van der Waals surface area contributed by atoms with E-state index < -0.39 is 6.04 Å². The van der Waals surface area contributed by atoms with Gasteiger partial charge in [-0.1, -0.05) is 24.8 Å². The van der Waals surface area contributed by atoms with Crippen molar-refractivity contribution in [3.63, 3.8) is 0 Å². The Kier molecular flexibility index (Phi) is 5.57. The van der Waals surface area contributed by atoms with Gasteiger partial charge in [-0.15, -0.1) is 5.10 Å². The Balaban J connectivity index is 1.74. The predicted molar refractivity (Wildman–Crippen MR) is 113 cm³/mol.